The van der Waals surface area contributed by atoms with Gasteiger partial charge in [0, 0.05) is 15.4 Å². The van der Waals surface area contributed by atoms with E-state index in [0.29, 0.717) is 6.61 Å². The molecule has 2 aromatic rings. The van der Waals surface area contributed by atoms with Crippen LogP contribution in [0.5, 0.6) is 5.75 Å². The van der Waals surface area contributed by atoms with Gasteiger partial charge in [-0.2, -0.15) is 0 Å². The van der Waals surface area contributed by atoms with E-state index in [2.05, 4.69) is 38.2 Å². The van der Waals surface area contributed by atoms with E-state index in [4.69, 9.17) is 4.74 Å². The van der Waals surface area contributed by atoms with Crippen molar-refractivity contribution >= 4 is 35.1 Å². The highest BCUT2D eigenvalue weighted by Gasteiger charge is 2.11. The first-order valence-electron chi connectivity index (χ1n) is 6.55. The zero-order valence-electron chi connectivity index (χ0n) is 11.6. The average Bonchev–Trinajstić information content (AvgIpc) is 2.48. The van der Waals surface area contributed by atoms with Gasteiger partial charge in [-0.3, -0.25) is 0 Å². The lowest BCUT2D eigenvalue weighted by atomic mass is 10.1. The molecule has 0 aliphatic carbocycles. The molecule has 1 nitrogen and oxygen atoms in total. The van der Waals surface area contributed by atoms with Crippen molar-refractivity contribution in [3.63, 3.8) is 0 Å². The number of aryl methyl sites for hydroxylation is 1. The Hall–Kier alpha value is -1.32. The van der Waals surface area contributed by atoms with Gasteiger partial charge in [0.15, 0.2) is 0 Å². The Bertz CT molecular complexity index is 618. The van der Waals surface area contributed by atoms with Crippen molar-refractivity contribution in [2.45, 2.75) is 13.8 Å². The van der Waals surface area contributed by atoms with Crippen molar-refractivity contribution in [1.82, 2.24) is 0 Å². The second-order valence-electron chi connectivity index (χ2n) is 4.50. The summed E-state index contributed by atoms with van der Waals surface area (Å²) < 4.78 is 5.68. The number of hydrogen-bond donors (Lipinski definition) is 2. The van der Waals surface area contributed by atoms with Gasteiger partial charge in [0.2, 0.25) is 0 Å². The average molecular weight is 302 g/mol. The Kier molecular flexibility index (Phi) is 5.21. The second-order valence-corrected chi connectivity index (χ2v) is 5.39. The molecule has 0 N–H and O–H groups in total. The standard InChI is InChI=1S/C17H18OS2/c1-3-18-15-10-9-12(2)11-14(15)17(20)16(19)13-7-5-4-6-8-13/h4-11,19-20H,3H2,1-2H3. The van der Waals surface area contributed by atoms with Crippen LogP contribution in [0, 0.1) is 6.92 Å². The zero-order valence-corrected chi connectivity index (χ0v) is 13.4. The first-order chi connectivity index (χ1) is 9.63. The van der Waals surface area contributed by atoms with Gasteiger partial charge in [-0.15, -0.1) is 25.3 Å². The lowest BCUT2D eigenvalue weighted by Gasteiger charge is -2.13. The molecule has 2 rings (SSSR count). The van der Waals surface area contributed by atoms with Crippen LogP contribution in [0.1, 0.15) is 23.6 Å². The summed E-state index contributed by atoms with van der Waals surface area (Å²) >= 11 is 9.28. The summed E-state index contributed by atoms with van der Waals surface area (Å²) in [6.45, 7) is 4.66. The molecule has 0 saturated carbocycles. The minimum atomic E-state index is 0.629. The monoisotopic (exact) mass is 302 g/mol. The molecule has 0 spiro atoms. The molecule has 20 heavy (non-hydrogen) atoms. The fourth-order valence-corrected chi connectivity index (χ4v) is 2.54. The van der Waals surface area contributed by atoms with Crippen molar-refractivity contribution < 1.29 is 4.74 Å². The Balaban J connectivity index is 2.52. The quantitative estimate of drug-likeness (QED) is 0.591. The Morgan fingerprint density at radius 3 is 2.35 bits per heavy atom. The molecule has 104 valence electrons. The van der Waals surface area contributed by atoms with E-state index in [1.807, 2.05) is 49.4 Å². The molecular formula is C17H18OS2. The van der Waals surface area contributed by atoms with Crippen LogP contribution in [-0.2, 0) is 0 Å². The second kappa shape index (κ2) is 6.91. The highest BCUT2D eigenvalue weighted by atomic mass is 32.1. The van der Waals surface area contributed by atoms with E-state index in [1.165, 1.54) is 5.56 Å². The van der Waals surface area contributed by atoms with Gasteiger partial charge >= 0.3 is 0 Å². The van der Waals surface area contributed by atoms with E-state index in [9.17, 15) is 0 Å². The van der Waals surface area contributed by atoms with Crippen molar-refractivity contribution in [3.05, 3.63) is 65.2 Å². The molecule has 0 aliphatic heterocycles. The van der Waals surface area contributed by atoms with E-state index in [1.54, 1.807) is 0 Å². The van der Waals surface area contributed by atoms with Crippen LogP contribution in [0.4, 0.5) is 0 Å². The predicted molar refractivity (Wildman–Crippen MR) is 93.6 cm³/mol. The summed E-state index contributed by atoms with van der Waals surface area (Å²) in [6, 6.07) is 16.1. The van der Waals surface area contributed by atoms with Crippen LogP contribution in [0.25, 0.3) is 9.81 Å². The third-order valence-corrected chi connectivity index (χ3v) is 4.08. The molecule has 0 unspecified atom stereocenters. The summed E-state index contributed by atoms with van der Waals surface area (Å²) in [5, 5.41) is 0. The topological polar surface area (TPSA) is 9.23 Å². The van der Waals surface area contributed by atoms with Gasteiger partial charge < -0.3 is 4.74 Å². The molecule has 0 heterocycles. The van der Waals surface area contributed by atoms with Gasteiger partial charge in [0.25, 0.3) is 0 Å². The molecule has 0 aliphatic rings. The molecule has 0 radical (unpaired) electrons. The maximum absolute atomic E-state index is 5.68. The maximum Gasteiger partial charge on any atom is 0.127 e. The van der Waals surface area contributed by atoms with Crippen LogP contribution < -0.4 is 4.74 Å². The lowest BCUT2D eigenvalue weighted by Crippen LogP contribution is -1.96. The van der Waals surface area contributed by atoms with Gasteiger partial charge in [-0.1, -0.05) is 42.0 Å². The van der Waals surface area contributed by atoms with E-state index < -0.39 is 0 Å². The fraction of sp³-hybridized carbons (Fsp3) is 0.176. The largest absolute Gasteiger partial charge is 0.493 e. The van der Waals surface area contributed by atoms with Gasteiger partial charge in [0.1, 0.15) is 5.75 Å². The number of ether oxygens (including phenoxy) is 1. The van der Waals surface area contributed by atoms with E-state index >= 15 is 0 Å². The molecular weight excluding hydrogens is 284 g/mol. The summed E-state index contributed by atoms with van der Waals surface area (Å²) in [6.07, 6.45) is 0. The van der Waals surface area contributed by atoms with Crippen LogP contribution >= 0.6 is 25.3 Å². The van der Waals surface area contributed by atoms with Gasteiger partial charge in [-0.25, -0.2) is 0 Å². The van der Waals surface area contributed by atoms with Crippen molar-refractivity contribution in [3.8, 4) is 5.75 Å². The summed E-state index contributed by atoms with van der Waals surface area (Å²) in [5.74, 6) is 0.839. The van der Waals surface area contributed by atoms with Crippen molar-refractivity contribution in [1.29, 1.82) is 0 Å². The number of benzene rings is 2. The normalized spacial score (nSPS) is 12.0. The summed E-state index contributed by atoms with van der Waals surface area (Å²) in [4.78, 5) is 1.67. The lowest BCUT2D eigenvalue weighted by molar-refractivity contribution is 0.339. The van der Waals surface area contributed by atoms with Crippen LogP contribution in [-0.4, -0.2) is 6.61 Å². The van der Waals surface area contributed by atoms with Crippen LogP contribution in [0.15, 0.2) is 48.5 Å². The Labute approximate surface area is 131 Å². The molecule has 3 heteroatoms. The highest BCUT2D eigenvalue weighted by Crippen LogP contribution is 2.37. The minimum absolute atomic E-state index is 0.629. The van der Waals surface area contributed by atoms with E-state index in [-0.39, 0.29) is 0 Å². The number of hydrogen-bond acceptors (Lipinski definition) is 3. The number of thiol groups is 2. The molecule has 0 amide bonds. The maximum atomic E-state index is 5.68. The smallest absolute Gasteiger partial charge is 0.127 e. The van der Waals surface area contributed by atoms with Gasteiger partial charge in [0.05, 0.1) is 6.61 Å². The summed E-state index contributed by atoms with van der Waals surface area (Å²) in [5.41, 5.74) is 3.19. The van der Waals surface area contributed by atoms with Crippen molar-refractivity contribution in [2.75, 3.05) is 6.61 Å². The fourth-order valence-electron chi connectivity index (χ4n) is 1.97. The number of rotatable bonds is 4. The minimum Gasteiger partial charge on any atom is -0.493 e. The van der Waals surface area contributed by atoms with E-state index in [0.717, 1.165) is 26.7 Å². The molecule has 0 bridgehead atoms. The predicted octanol–water partition coefficient (Wildman–Crippen LogP) is 5.08. The van der Waals surface area contributed by atoms with Crippen molar-refractivity contribution in [2.24, 2.45) is 0 Å². The molecule has 0 aromatic heterocycles. The Morgan fingerprint density at radius 1 is 1.00 bits per heavy atom. The first kappa shape index (κ1) is 15.1. The molecule has 0 atom stereocenters. The summed E-state index contributed by atoms with van der Waals surface area (Å²) in [7, 11) is 0. The highest BCUT2D eigenvalue weighted by molar-refractivity contribution is 7.96. The van der Waals surface area contributed by atoms with Gasteiger partial charge in [-0.05, 0) is 31.5 Å². The third kappa shape index (κ3) is 3.41. The zero-order chi connectivity index (χ0) is 14.5. The third-order valence-electron chi connectivity index (χ3n) is 2.96. The molecule has 0 fully saturated rings. The first-order valence-corrected chi connectivity index (χ1v) is 7.44. The SMILES string of the molecule is CCOc1ccc(C)cc1C(S)=C(S)c1ccccc1. The molecule has 2 aromatic carbocycles. The van der Waals surface area contributed by atoms with Crippen LogP contribution in [0.2, 0.25) is 0 Å². The Morgan fingerprint density at radius 2 is 1.70 bits per heavy atom. The molecule has 0 saturated heterocycles. The van der Waals surface area contributed by atoms with Crippen LogP contribution in [0.3, 0.4) is 0 Å².